The van der Waals surface area contributed by atoms with Crippen molar-refractivity contribution in [3.8, 4) is 5.75 Å². The second kappa shape index (κ2) is 12.8. The molecule has 1 fully saturated rings. The van der Waals surface area contributed by atoms with Crippen molar-refractivity contribution >= 4 is 21.8 Å². The summed E-state index contributed by atoms with van der Waals surface area (Å²) in [5.74, 6) is -0.824. The number of carbonyl (C=O) groups excluding carboxylic acids is 2. The van der Waals surface area contributed by atoms with Crippen LogP contribution < -0.4 is 10.1 Å². The van der Waals surface area contributed by atoms with Crippen LogP contribution in [0.2, 0.25) is 0 Å². The van der Waals surface area contributed by atoms with Gasteiger partial charge in [0.05, 0.1) is 18.1 Å². The van der Waals surface area contributed by atoms with Crippen molar-refractivity contribution in [2.24, 2.45) is 0 Å². The lowest BCUT2D eigenvalue weighted by atomic mass is 10.1. The number of hydrogen-bond donors (Lipinski definition) is 1. The van der Waals surface area contributed by atoms with Crippen molar-refractivity contribution in [3.63, 3.8) is 0 Å². The molecule has 3 rings (SSSR count). The standard InChI is InChI=1S/C25H32FN3O6S/c1-3-12-27-25(31)19(2)29(17-20-4-6-21(26)7-5-20)24(30)18-35-22-8-10-23(11-9-22)36(32,33)28-13-15-34-16-14-28/h4-11,19H,3,12-18H2,1-2H3,(H,27,31)/t19-/m1/s1. The van der Waals surface area contributed by atoms with E-state index < -0.39 is 27.8 Å². The van der Waals surface area contributed by atoms with Crippen molar-refractivity contribution < 1.29 is 31.9 Å². The second-order valence-corrected chi connectivity index (χ2v) is 10.3. The van der Waals surface area contributed by atoms with Gasteiger partial charge < -0.3 is 19.7 Å². The Morgan fingerprint density at radius 1 is 1.11 bits per heavy atom. The fourth-order valence-corrected chi connectivity index (χ4v) is 5.04. The van der Waals surface area contributed by atoms with Crippen LogP contribution in [0.5, 0.6) is 5.75 Å². The van der Waals surface area contributed by atoms with Gasteiger partial charge in [-0.2, -0.15) is 4.31 Å². The van der Waals surface area contributed by atoms with Gasteiger partial charge in [0, 0.05) is 26.2 Å². The van der Waals surface area contributed by atoms with Crippen LogP contribution in [0.4, 0.5) is 4.39 Å². The normalized spacial score (nSPS) is 15.2. The van der Waals surface area contributed by atoms with Crippen LogP contribution in [0, 0.1) is 5.82 Å². The van der Waals surface area contributed by atoms with E-state index in [0.717, 1.165) is 6.42 Å². The maximum absolute atomic E-state index is 13.3. The minimum Gasteiger partial charge on any atom is -0.484 e. The molecule has 0 aromatic heterocycles. The van der Waals surface area contributed by atoms with Crippen LogP contribution in [-0.4, -0.2) is 74.9 Å². The molecule has 1 aliphatic heterocycles. The summed E-state index contributed by atoms with van der Waals surface area (Å²) >= 11 is 0. The van der Waals surface area contributed by atoms with Crippen molar-refractivity contribution in [2.75, 3.05) is 39.5 Å². The van der Waals surface area contributed by atoms with E-state index in [9.17, 15) is 22.4 Å². The maximum atomic E-state index is 13.3. The molecule has 2 aromatic carbocycles. The first-order valence-electron chi connectivity index (χ1n) is 11.8. The number of ether oxygens (including phenoxy) is 2. The quantitative estimate of drug-likeness (QED) is 0.486. The fraction of sp³-hybridized carbons (Fsp3) is 0.440. The van der Waals surface area contributed by atoms with Crippen LogP contribution >= 0.6 is 0 Å². The molecule has 0 radical (unpaired) electrons. The lowest BCUT2D eigenvalue weighted by molar-refractivity contribution is -0.142. The summed E-state index contributed by atoms with van der Waals surface area (Å²) in [6.45, 7) is 5.07. The zero-order valence-corrected chi connectivity index (χ0v) is 21.3. The first-order chi connectivity index (χ1) is 17.2. The third kappa shape index (κ3) is 7.25. The Morgan fingerprint density at radius 3 is 2.36 bits per heavy atom. The molecule has 196 valence electrons. The Balaban J connectivity index is 1.67. The Bertz CT molecular complexity index is 1120. The molecule has 1 heterocycles. The average molecular weight is 522 g/mol. The number of sulfonamides is 1. The summed E-state index contributed by atoms with van der Waals surface area (Å²) in [5, 5.41) is 2.78. The Hall–Kier alpha value is -3.02. The van der Waals surface area contributed by atoms with E-state index in [4.69, 9.17) is 9.47 Å². The molecule has 0 saturated carbocycles. The van der Waals surface area contributed by atoms with E-state index in [1.54, 1.807) is 19.1 Å². The molecule has 0 unspecified atom stereocenters. The number of amides is 2. The number of benzene rings is 2. The molecule has 11 heteroatoms. The zero-order chi connectivity index (χ0) is 26.1. The lowest BCUT2D eigenvalue weighted by Crippen LogP contribution is -2.49. The minimum absolute atomic E-state index is 0.0971. The van der Waals surface area contributed by atoms with Crippen LogP contribution in [0.15, 0.2) is 53.4 Å². The number of carbonyl (C=O) groups is 2. The maximum Gasteiger partial charge on any atom is 0.261 e. The van der Waals surface area contributed by atoms with E-state index in [2.05, 4.69) is 5.32 Å². The van der Waals surface area contributed by atoms with Crippen molar-refractivity contribution in [3.05, 3.63) is 59.9 Å². The molecule has 9 nitrogen and oxygen atoms in total. The van der Waals surface area contributed by atoms with Crippen LogP contribution in [-0.2, 0) is 30.9 Å². The van der Waals surface area contributed by atoms with Crippen molar-refractivity contribution in [1.29, 1.82) is 0 Å². The average Bonchev–Trinajstić information content (AvgIpc) is 2.90. The predicted molar refractivity (Wildman–Crippen MR) is 131 cm³/mol. The minimum atomic E-state index is -3.64. The number of morpholine rings is 1. The molecule has 0 aliphatic carbocycles. The van der Waals surface area contributed by atoms with E-state index in [1.807, 2.05) is 6.92 Å². The summed E-state index contributed by atoms with van der Waals surface area (Å²) in [6, 6.07) is 10.8. The summed E-state index contributed by atoms with van der Waals surface area (Å²) in [6.07, 6.45) is 0.755. The Morgan fingerprint density at radius 2 is 1.75 bits per heavy atom. The highest BCUT2D eigenvalue weighted by molar-refractivity contribution is 7.89. The number of rotatable bonds is 11. The smallest absolute Gasteiger partial charge is 0.261 e. The number of nitrogens with zero attached hydrogens (tertiary/aromatic N) is 2. The SMILES string of the molecule is CCCNC(=O)[C@@H](C)N(Cc1ccc(F)cc1)C(=O)COc1ccc(S(=O)(=O)N2CCOCC2)cc1. The number of nitrogens with one attached hydrogen (secondary N) is 1. The summed E-state index contributed by atoms with van der Waals surface area (Å²) in [7, 11) is -3.64. The molecule has 1 aliphatic rings. The van der Waals surface area contributed by atoms with E-state index >= 15 is 0 Å². The fourth-order valence-electron chi connectivity index (χ4n) is 3.64. The molecule has 1 saturated heterocycles. The molecule has 1 atom stereocenters. The van der Waals surface area contributed by atoms with Gasteiger partial charge in [-0.15, -0.1) is 0 Å². The third-order valence-corrected chi connectivity index (χ3v) is 7.69. The Kier molecular flexibility index (Phi) is 9.80. The van der Waals surface area contributed by atoms with Gasteiger partial charge in [0.2, 0.25) is 15.9 Å². The number of halogens is 1. The first-order valence-corrected chi connectivity index (χ1v) is 13.3. The molecule has 0 bridgehead atoms. The van der Waals surface area contributed by atoms with Crippen LogP contribution in [0.25, 0.3) is 0 Å². The van der Waals surface area contributed by atoms with Gasteiger partial charge in [0.25, 0.3) is 5.91 Å². The van der Waals surface area contributed by atoms with Gasteiger partial charge in [0.1, 0.15) is 17.6 Å². The molecule has 2 amide bonds. The molecule has 1 N–H and O–H groups in total. The monoisotopic (exact) mass is 521 g/mol. The highest BCUT2D eigenvalue weighted by atomic mass is 32.2. The molecular formula is C25H32FN3O6S. The van der Waals surface area contributed by atoms with Crippen LogP contribution in [0.1, 0.15) is 25.8 Å². The van der Waals surface area contributed by atoms with Crippen molar-refractivity contribution in [1.82, 2.24) is 14.5 Å². The molecule has 0 spiro atoms. The summed E-state index contributed by atoms with van der Waals surface area (Å²) in [5.41, 5.74) is 0.664. The van der Waals surface area contributed by atoms with Gasteiger partial charge >= 0.3 is 0 Å². The van der Waals surface area contributed by atoms with Gasteiger partial charge in [-0.3, -0.25) is 9.59 Å². The van der Waals surface area contributed by atoms with Gasteiger partial charge in [-0.05, 0) is 55.3 Å². The largest absolute Gasteiger partial charge is 0.484 e. The first kappa shape index (κ1) is 27.6. The second-order valence-electron chi connectivity index (χ2n) is 8.39. The van der Waals surface area contributed by atoms with E-state index in [-0.39, 0.29) is 24.0 Å². The van der Waals surface area contributed by atoms with Crippen LogP contribution in [0.3, 0.4) is 0 Å². The zero-order valence-electron chi connectivity index (χ0n) is 20.5. The highest BCUT2D eigenvalue weighted by Crippen LogP contribution is 2.21. The summed E-state index contributed by atoms with van der Waals surface area (Å²) in [4.78, 5) is 27.1. The van der Waals surface area contributed by atoms with Gasteiger partial charge in [0.15, 0.2) is 6.61 Å². The summed E-state index contributed by atoms with van der Waals surface area (Å²) < 4.78 is 51.1. The lowest BCUT2D eigenvalue weighted by Gasteiger charge is -2.28. The Labute approximate surface area is 211 Å². The molecule has 2 aromatic rings. The third-order valence-electron chi connectivity index (χ3n) is 5.78. The van der Waals surface area contributed by atoms with E-state index in [0.29, 0.717) is 44.2 Å². The molecule has 36 heavy (non-hydrogen) atoms. The van der Waals surface area contributed by atoms with E-state index in [1.165, 1.54) is 45.6 Å². The topological polar surface area (TPSA) is 105 Å². The van der Waals surface area contributed by atoms with Gasteiger partial charge in [-0.1, -0.05) is 19.1 Å². The van der Waals surface area contributed by atoms with Gasteiger partial charge in [-0.25, -0.2) is 12.8 Å². The number of hydrogen-bond acceptors (Lipinski definition) is 6. The van der Waals surface area contributed by atoms with Crippen molar-refractivity contribution in [2.45, 2.75) is 37.8 Å². The highest BCUT2D eigenvalue weighted by Gasteiger charge is 2.28. The predicted octanol–water partition coefficient (Wildman–Crippen LogP) is 2.17. The molecular weight excluding hydrogens is 489 g/mol.